The minimum absolute atomic E-state index is 0. The number of carbonyl (C=O) groups excluding carboxylic acids is 1. The van der Waals surface area contributed by atoms with Crippen molar-refractivity contribution in [3.05, 3.63) is 12.7 Å². The molecule has 0 aliphatic heterocycles. The number of nitrogens with one attached hydrogen (secondary N) is 1. The Morgan fingerprint density at radius 1 is 1.50 bits per heavy atom. The molecule has 0 fully saturated rings. The molecule has 0 aromatic carbocycles. The molecule has 0 unspecified atom stereocenters. The van der Waals surface area contributed by atoms with Crippen molar-refractivity contribution in [1.82, 2.24) is 5.32 Å². The van der Waals surface area contributed by atoms with Gasteiger partial charge in [0, 0.05) is 0 Å². The number of quaternary nitrogens is 1. The number of likely N-dealkylation sites (N-methyl/N-ethyl adjacent to an activating group) is 1. The predicted octanol–water partition coefficient (Wildman–Crippen LogP) is -3.03. The van der Waals surface area contributed by atoms with Crippen LogP contribution in [0.15, 0.2) is 12.7 Å². The van der Waals surface area contributed by atoms with Gasteiger partial charge in [-0.05, 0) is 6.08 Å². The number of ether oxygens (including phenoxy) is 1. The molecule has 0 rings (SSSR count). The van der Waals surface area contributed by atoms with E-state index < -0.39 is 0 Å². The molecule has 0 aromatic heterocycles. The largest absolute Gasteiger partial charge is 1.00 e. The second kappa shape index (κ2) is 7.79. The summed E-state index contributed by atoms with van der Waals surface area (Å²) in [6, 6.07) is 0. The number of halogens is 1. The van der Waals surface area contributed by atoms with E-state index in [4.69, 9.17) is 4.74 Å². The Morgan fingerprint density at radius 3 is 2.50 bits per heavy atom. The average Bonchev–Trinajstić information content (AvgIpc) is 2.01. The Hall–Kier alpha value is -0.580. The van der Waals surface area contributed by atoms with Crippen LogP contribution >= 0.6 is 0 Å². The number of rotatable bonds is 6. The smallest absolute Gasteiger partial charge is 0.245 e. The highest BCUT2D eigenvalue weighted by Crippen LogP contribution is 1.88. The van der Waals surface area contributed by atoms with Crippen LogP contribution < -0.4 is 17.7 Å². The molecule has 0 bridgehead atoms. The highest BCUT2D eigenvalue weighted by Gasteiger charge is 2.05. The summed E-state index contributed by atoms with van der Waals surface area (Å²) in [4.78, 5) is 10.7. The van der Waals surface area contributed by atoms with Crippen LogP contribution in [0.4, 0.5) is 0 Å². The van der Waals surface area contributed by atoms with Gasteiger partial charge in [0.1, 0.15) is 13.3 Å². The molecule has 0 heterocycles. The highest BCUT2D eigenvalue weighted by molar-refractivity contribution is 5.86. The van der Waals surface area contributed by atoms with E-state index in [1.54, 1.807) is 0 Å². The zero-order chi connectivity index (χ0) is 10.3. The summed E-state index contributed by atoms with van der Waals surface area (Å²) < 4.78 is 6.04. The zero-order valence-corrected chi connectivity index (χ0v) is 9.80. The van der Waals surface area contributed by atoms with Crippen LogP contribution in [0, 0.1) is 0 Å². The second-order valence-electron chi connectivity index (χ2n) is 3.81. The third-order valence-electron chi connectivity index (χ3n) is 1.44. The van der Waals surface area contributed by atoms with Crippen molar-refractivity contribution >= 4 is 5.91 Å². The van der Waals surface area contributed by atoms with Gasteiger partial charge in [-0.15, -0.1) is 0 Å². The molecule has 0 saturated carbocycles. The lowest BCUT2D eigenvalue weighted by Crippen LogP contribution is -3.00. The first kappa shape index (κ1) is 15.9. The van der Waals surface area contributed by atoms with E-state index >= 15 is 0 Å². The summed E-state index contributed by atoms with van der Waals surface area (Å²) in [5, 5.41) is 2.53. The van der Waals surface area contributed by atoms with Gasteiger partial charge >= 0.3 is 0 Å². The molecule has 5 heteroatoms. The van der Waals surface area contributed by atoms with E-state index in [0.717, 1.165) is 11.0 Å². The average molecular weight is 223 g/mol. The van der Waals surface area contributed by atoms with Crippen LogP contribution in [-0.2, 0) is 9.53 Å². The summed E-state index contributed by atoms with van der Waals surface area (Å²) in [7, 11) is 6.27. The number of carbonyl (C=O) groups is 1. The van der Waals surface area contributed by atoms with Crippen molar-refractivity contribution in [1.29, 1.82) is 0 Å². The summed E-state index contributed by atoms with van der Waals surface area (Å²) in [5.74, 6) is -0.203. The Bertz CT molecular complexity index is 178. The standard InChI is InChI=1S/C9H18N2O2.ClH/c1-5-9(12)10-8-13-7-6-11(2,3)4;/h5H,1,6-8H2,2-4H3;1H. The highest BCUT2D eigenvalue weighted by atomic mass is 35.5. The maximum atomic E-state index is 10.7. The third-order valence-corrected chi connectivity index (χ3v) is 1.44. The van der Waals surface area contributed by atoms with Crippen LogP contribution in [0.2, 0.25) is 0 Å². The molecule has 1 N–H and O–H groups in total. The summed E-state index contributed by atoms with van der Waals surface area (Å²) >= 11 is 0. The Kier molecular flexibility index (Phi) is 8.83. The molecule has 0 radical (unpaired) electrons. The topological polar surface area (TPSA) is 38.3 Å². The van der Waals surface area contributed by atoms with Crippen molar-refractivity contribution in [3.8, 4) is 0 Å². The van der Waals surface area contributed by atoms with Crippen LogP contribution in [0.5, 0.6) is 0 Å². The van der Waals surface area contributed by atoms with Gasteiger partial charge in [-0.25, -0.2) is 0 Å². The van der Waals surface area contributed by atoms with Crippen LogP contribution in [0.1, 0.15) is 0 Å². The first-order chi connectivity index (χ1) is 5.95. The number of amides is 1. The van der Waals surface area contributed by atoms with Crippen molar-refractivity contribution in [2.75, 3.05) is 41.0 Å². The maximum absolute atomic E-state index is 10.7. The molecule has 0 aliphatic rings. The first-order valence-corrected chi connectivity index (χ1v) is 4.24. The fourth-order valence-corrected chi connectivity index (χ4v) is 0.605. The van der Waals surface area contributed by atoms with Gasteiger partial charge in [-0.2, -0.15) is 0 Å². The van der Waals surface area contributed by atoms with Gasteiger partial charge in [-0.3, -0.25) is 4.79 Å². The lowest BCUT2D eigenvalue weighted by molar-refractivity contribution is -0.870. The van der Waals surface area contributed by atoms with E-state index in [1.165, 1.54) is 6.08 Å². The molecule has 0 saturated heterocycles. The normalized spacial score (nSPS) is 10.2. The van der Waals surface area contributed by atoms with Gasteiger partial charge in [0.05, 0.1) is 27.7 Å². The van der Waals surface area contributed by atoms with Crippen LogP contribution in [-0.4, -0.2) is 51.4 Å². The van der Waals surface area contributed by atoms with Gasteiger partial charge in [-0.1, -0.05) is 6.58 Å². The molecule has 84 valence electrons. The Labute approximate surface area is 91.9 Å². The van der Waals surface area contributed by atoms with Crippen LogP contribution in [0.25, 0.3) is 0 Å². The maximum Gasteiger partial charge on any atom is 0.245 e. The SMILES string of the molecule is C=CC(=O)NCOCC[N+](C)(C)C.[Cl-]. The minimum Gasteiger partial charge on any atom is -1.00 e. The van der Waals surface area contributed by atoms with Crippen molar-refractivity contribution in [2.45, 2.75) is 0 Å². The van der Waals surface area contributed by atoms with Crippen molar-refractivity contribution in [2.24, 2.45) is 0 Å². The number of nitrogens with zero attached hydrogens (tertiary/aromatic N) is 1. The van der Waals surface area contributed by atoms with Gasteiger partial charge in [0.15, 0.2) is 0 Å². The van der Waals surface area contributed by atoms with E-state index in [2.05, 4.69) is 33.0 Å². The molecular formula is C9H19ClN2O2. The Morgan fingerprint density at radius 2 is 2.07 bits per heavy atom. The molecule has 0 aliphatic carbocycles. The summed E-state index contributed by atoms with van der Waals surface area (Å²) in [5.41, 5.74) is 0. The lowest BCUT2D eigenvalue weighted by Gasteiger charge is -2.23. The van der Waals surface area contributed by atoms with E-state index in [0.29, 0.717) is 6.61 Å². The number of hydrogen-bond donors (Lipinski definition) is 1. The van der Waals surface area contributed by atoms with E-state index in [1.807, 2.05) is 0 Å². The van der Waals surface area contributed by atoms with Crippen molar-refractivity contribution < 1.29 is 26.4 Å². The first-order valence-electron chi connectivity index (χ1n) is 4.24. The second-order valence-corrected chi connectivity index (χ2v) is 3.81. The fraction of sp³-hybridized carbons (Fsp3) is 0.667. The van der Waals surface area contributed by atoms with E-state index in [9.17, 15) is 4.79 Å². The molecule has 4 nitrogen and oxygen atoms in total. The van der Waals surface area contributed by atoms with Gasteiger partial charge in [0.25, 0.3) is 0 Å². The molecule has 14 heavy (non-hydrogen) atoms. The quantitative estimate of drug-likeness (QED) is 0.225. The van der Waals surface area contributed by atoms with E-state index in [-0.39, 0.29) is 25.0 Å². The zero-order valence-electron chi connectivity index (χ0n) is 9.05. The monoisotopic (exact) mass is 222 g/mol. The minimum atomic E-state index is -0.203. The predicted molar refractivity (Wildman–Crippen MR) is 52.1 cm³/mol. The van der Waals surface area contributed by atoms with Gasteiger partial charge < -0.3 is 26.9 Å². The number of hydrogen-bond acceptors (Lipinski definition) is 2. The summed E-state index contributed by atoms with van der Waals surface area (Å²) in [6.07, 6.45) is 1.23. The molecule has 0 spiro atoms. The molecule has 1 amide bonds. The van der Waals surface area contributed by atoms with Crippen LogP contribution in [0.3, 0.4) is 0 Å². The molecule has 0 aromatic rings. The third kappa shape index (κ3) is 11.4. The summed E-state index contributed by atoms with van der Waals surface area (Å²) in [6.45, 7) is 5.14. The van der Waals surface area contributed by atoms with Gasteiger partial charge in [0.2, 0.25) is 5.91 Å². The fourth-order valence-electron chi connectivity index (χ4n) is 0.605. The molecule has 0 atom stereocenters. The lowest BCUT2D eigenvalue weighted by atomic mass is 10.5. The molecular weight excluding hydrogens is 204 g/mol. The Balaban J connectivity index is 0. The van der Waals surface area contributed by atoms with Crippen molar-refractivity contribution in [3.63, 3.8) is 0 Å².